The van der Waals surface area contributed by atoms with Crippen molar-refractivity contribution in [1.29, 1.82) is 0 Å². The minimum absolute atomic E-state index is 0.000924. The number of carbonyl (C=O) groups excluding carboxylic acids is 1. The van der Waals surface area contributed by atoms with Crippen molar-refractivity contribution in [1.82, 2.24) is 14.2 Å². The van der Waals surface area contributed by atoms with Gasteiger partial charge in [-0.3, -0.25) is 9.78 Å². The van der Waals surface area contributed by atoms with E-state index in [9.17, 15) is 18.3 Å². The molecule has 0 bridgehead atoms. The fourth-order valence-corrected chi connectivity index (χ4v) is 6.41. The van der Waals surface area contributed by atoms with E-state index in [-0.39, 0.29) is 41.6 Å². The number of likely N-dealkylation sites (tertiary alicyclic amines) is 1. The van der Waals surface area contributed by atoms with Crippen molar-refractivity contribution >= 4 is 39.1 Å². The van der Waals surface area contributed by atoms with Crippen LogP contribution in [0.1, 0.15) is 25.0 Å². The van der Waals surface area contributed by atoms with Crippen LogP contribution in [0.3, 0.4) is 0 Å². The summed E-state index contributed by atoms with van der Waals surface area (Å²) in [7, 11) is -3.78. The fourth-order valence-electron chi connectivity index (χ4n) is 4.18. The predicted molar refractivity (Wildman–Crippen MR) is 124 cm³/mol. The summed E-state index contributed by atoms with van der Waals surface area (Å²) in [6.07, 6.45) is 2.53. The summed E-state index contributed by atoms with van der Waals surface area (Å²) in [5.74, 6) is -0.180. The van der Waals surface area contributed by atoms with Crippen molar-refractivity contribution in [2.45, 2.75) is 35.9 Å². The summed E-state index contributed by atoms with van der Waals surface area (Å²) in [4.78, 5) is 18.5. The van der Waals surface area contributed by atoms with Crippen molar-refractivity contribution in [3.8, 4) is 0 Å². The summed E-state index contributed by atoms with van der Waals surface area (Å²) in [5, 5.41) is 11.3. The number of hydrogen-bond donors (Lipinski definition) is 1. The van der Waals surface area contributed by atoms with Gasteiger partial charge in [0.1, 0.15) is 17.1 Å². The Labute approximate surface area is 203 Å². The van der Waals surface area contributed by atoms with Gasteiger partial charge in [0.15, 0.2) is 0 Å². The van der Waals surface area contributed by atoms with E-state index in [2.05, 4.69) is 4.98 Å². The summed E-state index contributed by atoms with van der Waals surface area (Å²) >= 11 is 11.9. The zero-order valence-corrected chi connectivity index (χ0v) is 20.2. The summed E-state index contributed by atoms with van der Waals surface area (Å²) < 4.78 is 32.9. The number of amides is 1. The molecule has 1 unspecified atom stereocenters. The molecule has 2 fully saturated rings. The average Bonchev–Trinajstić information content (AvgIpc) is 3.28. The van der Waals surface area contributed by atoms with E-state index in [0.717, 1.165) is 0 Å². The number of rotatable bonds is 6. The zero-order chi connectivity index (χ0) is 23.6. The van der Waals surface area contributed by atoms with E-state index in [0.29, 0.717) is 43.1 Å². The molecule has 33 heavy (non-hydrogen) atoms. The lowest BCUT2D eigenvalue weighted by Gasteiger charge is -2.37. The van der Waals surface area contributed by atoms with Crippen LogP contribution < -0.4 is 0 Å². The highest BCUT2D eigenvalue weighted by molar-refractivity contribution is 7.89. The molecule has 1 amide bonds. The second-order valence-corrected chi connectivity index (χ2v) is 11.0. The third-order valence-electron chi connectivity index (χ3n) is 6.15. The van der Waals surface area contributed by atoms with Gasteiger partial charge in [0, 0.05) is 37.4 Å². The molecule has 11 heteroatoms. The quantitative estimate of drug-likeness (QED) is 0.637. The van der Waals surface area contributed by atoms with Crippen molar-refractivity contribution < 1.29 is 23.1 Å². The molecule has 1 aromatic carbocycles. The molecule has 3 heterocycles. The molecular weight excluding hydrogens is 489 g/mol. The number of hydrogen-bond acceptors (Lipinski definition) is 6. The lowest BCUT2D eigenvalue weighted by Crippen LogP contribution is -2.47. The number of halogens is 2. The highest BCUT2D eigenvalue weighted by Gasteiger charge is 2.37. The highest BCUT2D eigenvalue weighted by atomic mass is 35.5. The van der Waals surface area contributed by atoms with Crippen molar-refractivity contribution in [3.63, 3.8) is 0 Å². The number of benzene rings is 1. The van der Waals surface area contributed by atoms with Gasteiger partial charge in [-0.2, -0.15) is 4.31 Å². The van der Waals surface area contributed by atoms with Crippen LogP contribution in [0.15, 0.2) is 47.5 Å². The summed E-state index contributed by atoms with van der Waals surface area (Å²) in [5.41, 5.74) is -0.427. The minimum atomic E-state index is -3.78. The second kappa shape index (κ2) is 9.85. The molecule has 1 atom stereocenters. The van der Waals surface area contributed by atoms with E-state index in [4.69, 9.17) is 27.9 Å². The van der Waals surface area contributed by atoms with Crippen LogP contribution in [0, 0.1) is 0 Å². The minimum Gasteiger partial charge on any atom is -0.383 e. The Balaban J connectivity index is 1.28. The maximum atomic E-state index is 12.9. The number of nitrogens with zero attached hydrogens (tertiary/aromatic N) is 3. The van der Waals surface area contributed by atoms with E-state index >= 15 is 0 Å². The Hall–Kier alpha value is -1.75. The smallest absolute Gasteiger partial charge is 0.248 e. The van der Waals surface area contributed by atoms with Crippen LogP contribution in [0.2, 0.25) is 10.0 Å². The fraction of sp³-hybridized carbons (Fsp3) is 0.455. The molecule has 1 N–H and O–H groups in total. The number of piperidine rings is 1. The molecule has 0 saturated carbocycles. The Morgan fingerprint density at radius 3 is 2.61 bits per heavy atom. The normalized spacial score (nSPS) is 21.3. The Morgan fingerprint density at radius 2 is 1.94 bits per heavy atom. The largest absolute Gasteiger partial charge is 0.383 e. The van der Waals surface area contributed by atoms with E-state index in [1.165, 1.54) is 22.5 Å². The molecule has 2 saturated heterocycles. The number of ether oxygens (including phenoxy) is 1. The van der Waals surface area contributed by atoms with Crippen LogP contribution in [0.4, 0.5) is 0 Å². The first-order chi connectivity index (χ1) is 15.7. The first kappa shape index (κ1) is 24.4. The van der Waals surface area contributed by atoms with Crippen molar-refractivity contribution in [3.05, 3.63) is 58.3 Å². The van der Waals surface area contributed by atoms with Gasteiger partial charge in [-0.05, 0) is 49.6 Å². The molecule has 2 aliphatic heterocycles. The number of sulfonamides is 1. The van der Waals surface area contributed by atoms with E-state index in [1.807, 2.05) is 6.07 Å². The number of aromatic nitrogens is 1. The van der Waals surface area contributed by atoms with Gasteiger partial charge in [0.05, 0.1) is 16.8 Å². The second-order valence-electron chi connectivity index (χ2n) is 8.29. The topological polar surface area (TPSA) is 100 Å². The van der Waals surface area contributed by atoms with Crippen LogP contribution >= 0.6 is 23.2 Å². The van der Waals surface area contributed by atoms with Crippen molar-refractivity contribution in [2.24, 2.45) is 0 Å². The average molecular weight is 514 g/mol. The molecule has 4 rings (SSSR count). The van der Waals surface area contributed by atoms with Gasteiger partial charge in [0.2, 0.25) is 15.9 Å². The molecule has 0 radical (unpaired) electrons. The molecule has 0 spiro atoms. The van der Waals surface area contributed by atoms with E-state index < -0.39 is 15.6 Å². The Morgan fingerprint density at radius 1 is 1.18 bits per heavy atom. The van der Waals surface area contributed by atoms with Crippen LogP contribution in [-0.4, -0.2) is 72.5 Å². The highest BCUT2D eigenvalue weighted by Crippen LogP contribution is 2.32. The lowest BCUT2D eigenvalue weighted by atomic mass is 9.88. The number of aliphatic hydroxyl groups is 1. The molecule has 178 valence electrons. The molecule has 2 aliphatic rings. The number of carbonyl (C=O) groups is 1. The van der Waals surface area contributed by atoms with Gasteiger partial charge in [-0.25, -0.2) is 8.42 Å². The Bertz CT molecular complexity index is 1110. The predicted octanol–water partition coefficient (Wildman–Crippen LogP) is 2.68. The first-order valence-corrected chi connectivity index (χ1v) is 12.9. The van der Waals surface area contributed by atoms with Crippen LogP contribution in [0.5, 0.6) is 0 Å². The van der Waals surface area contributed by atoms with Crippen LogP contribution in [0.25, 0.3) is 0 Å². The van der Waals surface area contributed by atoms with Gasteiger partial charge < -0.3 is 14.7 Å². The first-order valence-electron chi connectivity index (χ1n) is 10.7. The standard InChI is InChI=1S/C22H25Cl2N3O5S/c23-16-4-5-19(18(24)13-16)33(30,31)27-10-6-17(14-27)32-15-21(28)26-11-7-22(29,8-12-26)20-3-1-2-9-25-20/h1-5,9,13,17,29H,6-8,10-12,14-15H2. The van der Waals surface area contributed by atoms with Crippen LogP contribution in [-0.2, 0) is 25.2 Å². The van der Waals surface area contributed by atoms with Crippen molar-refractivity contribution in [2.75, 3.05) is 32.8 Å². The zero-order valence-electron chi connectivity index (χ0n) is 17.9. The molecule has 1 aromatic heterocycles. The third kappa shape index (κ3) is 5.34. The SMILES string of the molecule is O=C(COC1CCN(S(=O)(=O)c2ccc(Cl)cc2Cl)C1)N1CCC(O)(c2ccccn2)CC1. The molecular formula is C22H25Cl2N3O5S. The molecule has 2 aromatic rings. The third-order valence-corrected chi connectivity index (χ3v) is 8.73. The maximum absolute atomic E-state index is 12.9. The molecule has 8 nitrogen and oxygen atoms in total. The Kier molecular flexibility index (Phi) is 7.28. The summed E-state index contributed by atoms with van der Waals surface area (Å²) in [6, 6.07) is 9.68. The van der Waals surface area contributed by atoms with Gasteiger partial charge in [0.25, 0.3) is 0 Å². The van der Waals surface area contributed by atoms with Gasteiger partial charge >= 0.3 is 0 Å². The van der Waals surface area contributed by atoms with Gasteiger partial charge in [-0.1, -0.05) is 29.3 Å². The maximum Gasteiger partial charge on any atom is 0.248 e. The monoisotopic (exact) mass is 513 g/mol. The number of pyridine rings is 1. The summed E-state index contributed by atoms with van der Waals surface area (Å²) in [6.45, 7) is 1.09. The lowest BCUT2D eigenvalue weighted by molar-refractivity contribution is -0.142. The molecule has 0 aliphatic carbocycles. The van der Waals surface area contributed by atoms with Gasteiger partial charge in [-0.15, -0.1) is 0 Å². The van der Waals surface area contributed by atoms with E-state index in [1.54, 1.807) is 23.2 Å².